The molecule has 2 N–H and O–H groups in total. The number of fused-ring (bicyclic) bond motifs is 1. The zero-order chi connectivity index (χ0) is 20.1. The van der Waals surface area contributed by atoms with Gasteiger partial charge in [0, 0.05) is 24.4 Å². The molecule has 2 amide bonds. The molecule has 29 heavy (non-hydrogen) atoms. The molecule has 6 nitrogen and oxygen atoms in total. The van der Waals surface area contributed by atoms with Gasteiger partial charge in [0.05, 0.1) is 15.9 Å². The Morgan fingerprint density at radius 3 is 2.69 bits per heavy atom. The predicted octanol–water partition coefficient (Wildman–Crippen LogP) is 5.08. The lowest BCUT2D eigenvalue weighted by molar-refractivity contribution is 0.252. The molecule has 4 rings (SSSR count). The lowest BCUT2D eigenvalue weighted by atomic mass is 10.1. The molecule has 4 aromatic rings. The molecule has 0 bridgehead atoms. The van der Waals surface area contributed by atoms with Crippen molar-refractivity contribution in [1.82, 2.24) is 15.3 Å². The minimum absolute atomic E-state index is 0.272. The maximum absolute atomic E-state index is 11.9. The van der Waals surface area contributed by atoms with E-state index in [2.05, 4.69) is 20.6 Å². The van der Waals surface area contributed by atoms with Gasteiger partial charge in [-0.1, -0.05) is 47.7 Å². The van der Waals surface area contributed by atoms with Crippen molar-refractivity contribution in [3.8, 4) is 17.0 Å². The van der Waals surface area contributed by atoms with E-state index in [1.54, 1.807) is 6.20 Å². The van der Waals surface area contributed by atoms with E-state index in [0.29, 0.717) is 24.0 Å². The van der Waals surface area contributed by atoms with E-state index in [0.717, 1.165) is 27.0 Å². The van der Waals surface area contributed by atoms with Gasteiger partial charge in [-0.05, 0) is 30.7 Å². The number of pyridine rings is 1. The fraction of sp³-hybridized carbons (Fsp3) is 0.136. The molecule has 7 heteroatoms. The summed E-state index contributed by atoms with van der Waals surface area (Å²) in [5.74, 6) is 0.705. The number of hydrogen-bond acceptors (Lipinski definition) is 5. The summed E-state index contributed by atoms with van der Waals surface area (Å²) in [4.78, 5) is 20.9. The van der Waals surface area contributed by atoms with Crippen LogP contribution in [0.1, 0.15) is 12.5 Å². The summed E-state index contributed by atoms with van der Waals surface area (Å²) < 4.78 is 6.98. The zero-order valence-electron chi connectivity index (χ0n) is 15.9. The molecular formula is C22H20N4O2S. The molecule has 2 heterocycles. The summed E-state index contributed by atoms with van der Waals surface area (Å²) in [6.45, 7) is 2.88. The Hall–Kier alpha value is -3.45. The minimum Gasteiger partial charge on any atom is -0.489 e. The van der Waals surface area contributed by atoms with E-state index < -0.39 is 0 Å². The molecule has 0 saturated carbocycles. The fourth-order valence-corrected chi connectivity index (χ4v) is 3.86. The quantitative estimate of drug-likeness (QED) is 0.470. The van der Waals surface area contributed by atoms with E-state index in [4.69, 9.17) is 4.74 Å². The number of hydrogen-bond donors (Lipinski definition) is 2. The smallest absolute Gasteiger partial charge is 0.321 e. The molecule has 146 valence electrons. The topological polar surface area (TPSA) is 76.1 Å². The Morgan fingerprint density at radius 1 is 1.10 bits per heavy atom. The Morgan fingerprint density at radius 2 is 1.93 bits per heavy atom. The van der Waals surface area contributed by atoms with E-state index in [-0.39, 0.29) is 6.03 Å². The van der Waals surface area contributed by atoms with E-state index in [9.17, 15) is 4.79 Å². The molecule has 0 unspecified atom stereocenters. The standard InChI is InChI=1S/C22H20N4O2S/c1-2-23-21(27)26-22-25-19-13-16(28-14-15-8-4-3-5-9-15)12-17(20(19)29-22)18-10-6-7-11-24-18/h3-13H,2,14H2,1H3,(H2,23,25,26,27). The molecular weight excluding hydrogens is 384 g/mol. The summed E-state index contributed by atoms with van der Waals surface area (Å²) in [5, 5.41) is 6.03. The maximum atomic E-state index is 11.9. The number of thiazole rings is 1. The monoisotopic (exact) mass is 404 g/mol. The number of amides is 2. The molecule has 2 aromatic carbocycles. The highest BCUT2D eigenvalue weighted by Crippen LogP contribution is 2.37. The van der Waals surface area contributed by atoms with Gasteiger partial charge < -0.3 is 10.1 Å². The van der Waals surface area contributed by atoms with Crippen LogP contribution >= 0.6 is 11.3 Å². The lowest BCUT2D eigenvalue weighted by Gasteiger charge is -2.09. The van der Waals surface area contributed by atoms with Crippen molar-refractivity contribution >= 4 is 32.7 Å². The summed E-state index contributed by atoms with van der Waals surface area (Å²) in [7, 11) is 0. The van der Waals surface area contributed by atoms with Crippen LogP contribution in [0.5, 0.6) is 5.75 Å². The molecule has 2 aromatic heterocycles. The Bertz CT molecular complexity index is 1110. The van der Waals surface area contributed by atoms with E-state index in [1.165, 1.54) is 11.3 Å². The highest BCUT2D eigenvalue weighted by Gasteiger charge is 2.15. The first kappa shape index (κ1) is 18.9. The number of urea groups is 1. The third-order valence-electron chi connectivity index (χ3n) is 4.21. The zero-order valence-corrected chi connectivity index (χ0v) is 16.7. The summed E-state index contributed by atoms with van der Waals surface area (Å²) in [5.41, 5.74) is 3.60. The van der Waals surface area contributed by atoms with Crippen LogP contribution in [0.4, 0.5) is 9.93 Å². The van der Waals surface area contributed by atoms with Crippen LogP contribution in [-0.2, 0) is 6.61 Å². The van der Waals surface area contributed by atoms with Crippen LogP contribution in [0.15, 0.2) is 66.9 Å². The van der Waals surface area contributed by atoms with Crippen molar-refractivity contribution in [1.29, 1.82) is 0 Å². The first-order valence-corrected chi connectivity index (χ1v) is 10.1. The molecule has 0 fully saturated rings. The van der Waals surface area contributed by atoms with Crippen LogP contribution in [0.3, 0.4) is 0 Å². The first-order valence-electron chi connectivity index (χ1n) is 9.30. The molecule has 0 aliphatic carbocycles. The number of benzene rings is 2. The van der Waals surface area contributed by atoms with Gasteiger partial charge in [-0.3, -0.25) is 10.3 Å². The molecule has 0 saturated heterocycles. The summed E-state index contributed by atoms with van der Waals surface area (Å²) in [6.07, 6.45) is 1.76. The molecule has 0 atom stereocenters. The van der Waals surface area contributed by atoms with Crippen LogP contribution in [-0.4, -0.2) is 22.5 Å². The molecule has 0 radical (unpaired) electrons. The van der Waals surface area contributed by atoms with Crippen molar-refractivity contribution in [3.05, 3.63) is 72.4 Å². The third-order valence-corrected chi connectivity index (χ3v) is 5.23. The third kappa shape index (κ3) is 4.52. The first-order chi connectivity index (χ1) is 14.2. The normalized spacial score (nSPS) is 10.7. The van der Waals surface area contributed by atoms with Gasteiger partial charge in [0.1, 0.15) is 12.4 Å². The van der Waals surface area contributed by atoms with Crippen LogP contribution in [0.25, 0.3) is 21.5 Å². The number of carbonyl (C=O) groups is 1. The maximum Gasteiger partial charge on any atom is 0.321 e. The van der Waals surface area contributed by atoms with Crippen LogP contribution < -0.4 is 15.4 Å². The van der Waals surface area contributed by atoms with Gasteiger partial charge in [0.2, 0.25) is 0 Å². The minimum atomic E-state index is -0.272. The average molecular weight is 404 g/mol. The van der Waals surface area contributed by atoms with E-state index in [1.807, 2.05) is 67.6 Å². The van der Waals surface area contributed by atoms with Gasteiger partial charge in [-0.25, -0.2) is 9.78 Å². The molecule has 0 aliphatic heterocycles. The SMILES string of the molecule is CCNC(=O)Nc1nc2cc(OCc3ccccc3)cc(-c3ccccn3)c2s1. The number of carbonyl (C=O) groups excluding carboxylic acids is 1. The Labute approximate surface area is 172 Å². The second kappa shape index (κ2) is 8.70. The highest BCUT2D eigenvalue weighted by atomic mass is 32.1. The number of nitrogens with zero attached hydrogens (tertiary/aromatic N) is 2. The number of aromatic nitrogens is 2. The van der Waals surface area contributed by atoms with Crippen molar-refractivity contribution in [2.45, 2.75) is 13.5 Å². The average Bonchev–Trinajstić information content (AvgIpc) is 3.15. The van der Waals surface area contributed by atoms with Gasteiger partial charge >= 0.3 is 6.03 Å². The summed E-state index contributed by atoms with van der Waals surface area (Å²) >= 11 is 1.42. The second-order valence-corrected chi connectivity index (χ2v) is 7.31. The Kier molecular flexibility index (Phi) is 5.67. The van der Waals surface area contributed by atoms with Gasteiger partial charge in [0.15, 0.2) is 5.13 Å². The number of anilines is 1. The van der Waals surface area contributed by atoms with Crippen LogP contribution in [0.2, 0.25) is 0 Å². The van der Waals surface area contributed by atoms with Crippen molar-refractivity contribution in [2.24, 2.45) is 0 Å². The van der Waals surface area contributed by atoms with Crippen molar-refractivity contribution in [2.75, 3.05) is 11.9 Å². The van der Waals surface area contributed by atoms with E-state index >= 15 is 0 Å². The number of ether oxygens (including phenoxy) is 1. The predicted molar refractivity (Wildman–Crippen MR) is 116 cm³/mol. The largest absolute Gasteiger partial charge is 0.489 e. The fourth-order valence-electron chi connectivity index (χ4n) is 2.90. The Balaban J connectivity index is 1.70. The van der Waals surface area contributed by atoms with Gasteiger partial charge in [-0.2, -0.15) is 0 Å². The number of nitrogens with one attached hydrogen (secondary N) is 2. The molecule has 0 aliphatic rings. The van der Waals surface area contributed by atoms with Crippen molar-refractivity contribution < 1.29 is 9.53 Å². The molecule has 0 spiro atoms. The highest BCUT2D eigenvalue weighted by molar-refractivity contribution is 7.22. The second-order valence-electron chi connectivity index (χ2n) is 6.31. The van der Waals surface area contributed by atoms with Gasteiger partial charge in [-0.15, -0.1) is 0 Å². The van der Waals surface area contributed by atoms with Crippen LogP contribution in [0, 0.1) is 0 Å². The lowest BCUT2D eigenvalue weighted by Crippen LogP contribution is -2.28. The van der Waals surface area contributed by atoms with Crippen molar-refractivity contribution in [3.63, 3.8) is 0 Å². The number of rotatable bonds is 6. The van der Waals surface area contributed by atoms with Gasteiger partial charge in [0.25, 0.3) is 0 Å². The summed E-state index contributed by atoms with van der Waals surface area (Å²) in [6, 6.07) is 19.4.